The van der Waals surface area contributed by atoms with Crippen LogP contribution in [-0.2, 0) is 0 Å². The summed E-state index contributed by atoms with van der Waals surface area (Å²) >= 11 is 5.62. The van der Waals surface area contributed by atoms with Gasteiger partial charge in [0.25, 0.3) is 5.91 Å². The third-order valence-corrected chi connectivity index (χ3v) is 3.01. The van der Waals surface area contributed by atoms with Crippen molar-refractivity contribution in [1.29, 1.82) is 0 Å². The molecule has 0 aliphatic rings. The number of rotatable bonds is 3. The molecule has 0 fully saturated rings. The van der Waals surface area contributed by atoms with Crippen molar-refractivity contribution in [3.05, 3.63) is 62.7 Å². The maximum absolute atomic E-state index is 13.4. The van der Waals surface area contributed by atoms with Gasteiger partial charge >= 0.3 is 5.69 Å². The van der Waals surface area contributed by atoms with Gasteiger partial charge < -0.3 is 5.32 Å². The third-order valence-electron chi connectivity index (χ3n) is 2.74. The highest BCUT2D eigenvalue weighted by atomic mass is 35.5. The number of carbonyl (C=O) groups is 1. The smallest absolute Gasteiger partial charge is 0.319 e. The summed E-state index contributed by atoms with van der Waals surface area (Å²) in [7, 11) is 0. The minimum absolute atomic E-state index is 0.185. The highest BCUT2D eigenvalue weighted by Crippen LogP contribution is 2.26. The highest BCUT2D eigenvalue weighted by Gasteiger charge is 2.24. The number of hydrogen-bond acceptors (Lipinski definition) is 4. The number of aryl methyl sites for hydroxylation is 1. The van der Waals surface area contributed by atoms with Crippen molar-refractivity contribution < 1.29 is 14.1 Å². The van der Waals surface area contributed by atoms with E-state index in [1.165, 1.54) is 24.4 Å². The van der Waals surface area contributed by atoms with Crippen LogP contribution in [0, 0.1) is 22.9 Å². The topological polar surface area (TPSA) is 85.1 Å². The van der Waals surface area contributed by atoms with E-state index in [9.17, 15) is 19.3 Å². The van der Waals surface area contributed by atoms with Crippen LogP contribution in [0.5, 0.6) is 0 Å². The molecule has 108 valence electrons. The molecule has 1 aromatic carbocycles. The van der Waals surface area contributed by atoms with Gasteiger partial charge in [0.2, 0.25) is 5.15 Å². The molecule has 1 aromatic heterocycles. The standard InChI is InChI=1S/C13H9ClFN3O3/c1-7-2-3-8(6-10(7)15)17-13(19)9-4-5-16-12(14)11(9)18(20)21/h2-6H,1H3,(H,17,19). The Kier molecular flexibility index (Phi) is 4.13. The summed E-state index contributed by atoms with van der Waals surface area (Å²) in [6.07, 6.45) is 1.18. The van der Waals surface area contributed by atoms with Crippen LogP contribution in [0.2, 0.25) is 5.15 Å². The first-order valence-electron chi connectivity index (χ1n) is 5.76. The Morgan fingerprint density at radius 3 is 2.76 bits per heavy atom. The number of anilines is 1. The molecule has 1 N–H and O–H groups in total. The summed E-state index contributed by atoms with van der Waals surface area (Å²) in [5.41, 5.74) is -0.235. The first-order valence-corrected chi connectivity index (χ1v) is 6.14. The summed E-state index contributed by atoms with van der Waals surface area (Å²) in [5.74, 6) is -1.26. The van der Waals surface area contributed by atoms with E-state index in [-0.39, 0.29) is 16.4 Å². The molecule has 2 rings (SSSR count). The van der Waals surface area contributed by atoms with Crippen LogP contribution < -0.4 is 5.32 Å². The quantitative estimate of drug-likeness (QED) is 0.535. The fraction of sp³-hybridized carbons (Fsp3) is 0.0769. The van der Waals surface area contributed by atoms with Crippen LogP contribution >= 0.6 is 11.6 Å². The lowest BCUT2D eigenvalue weighted by Crippen LogP contribution is -2.14. The average molecular weight is 310 g/mol. The Labute approximate surface area is 123 Å². The monoisotopic (exact) mass is 309 g/mol. The largest absolute Gasteiger partial charge is 0.322 e. The van der Waals surface area contributed by atoms with Crippen molar-refractivity contribution in [1.82, 2.24) is 4.98 Å². The number of nitro groups is 1. The summed E-state index contributed by atoms with van der Waals surface area (Å²) < 4.78 is 13.4. The molecule has 0 aliphatic carbocycles. The van der Waals surface area contributed by atoms with Gasteiger partial charge in [0.1, 0.15) is 11.4 Å². The van der Waals surface area contributed by atoms with E-state index in [0.717, 1.165) is 6.07 Å². The maximum atomic E-state index is 13.4. The lowest BCUT2D eigenvalue weighted by atomic mass is 10.2. The molecular weight excluding hydrogens is 301 g/mol. The van der Waals surface area contributed by atoms with Crippen molar-refractivity contribution in [2.24, 2.45) is 0 Å². The van der Waals surface area contributed by atoms with Gasteiger partial charge in [-0.25, -0.2) is 9.37 Å². The van der Waals surface area contributed by atoms with Gasteiger partial charge in [0.05, 0.1) is 4.92 Å². The number of hydrogen-bond donors (Lipinski definition) is 1. The first kappa shape index (κ1) is 14.9. The van der Waals surface area contributed by atoms with Crippen LogP contribution in [0.15, 0.2) is 30.5 Å². The fourth-order valence-corrected chi connectivity index (χ4v) is 1.88. The van der Waals surface area contributed by atoms with E-state index in [2.05, 4.69) is 10.3 Å². The second kappa shape index (κ2) is 5.84. The average Bonchev–Trinajstić information content (AvgIpc) is 2.42. The van der Waals surface area contributed by atoms with Gasteiger partial charge in [-0.15, -0.1) is 0 Å². The Morgan fingerprint density at radius 2 is 2.14 bits per heavy atom. The molecule has 6 nitrogen and oxygen atoms in total. The molecular formula is C13H9ClFN3O3. The molecule has 0 saturated carbocycles. The van der Waals surface area contributed by atoms with Crippen LogP contribution in [0.3, 0.4) is 0 Å². The number of nitrogens with one attached hydrogen (secondary N) is 1. The lowest BCUT2D eigenvalue weighted by molar-refractivity contribution is -0.385. The summed E-state index contributed by atoms with van der Waals surface area (Å²) in [4.78, 5) is 25.8. The predicted molar refractivity (Wildman–Crippen MR) is 75.0 cm³/mol. The van der Waals surface area contributed by atoms with E-state index in [4.69, 9.17) is 11.6 Å². The zero-order valence-corrected chi connectivity index (χ0v) is 11.5. The number of halogens is 2. The molecule has 0 bridgehead atoms. The predicted octanol–water partition coefficient (Wildman–Crippen LogP) is 3.34. The van der Waals surface area contributed by atoms with Crippen molar-refractivity contribution >= 4 is 28.9 Å². The zero-order chi connectivity index (χ0) is 15.6. The SMILES string of the molecule is Cc1ccc(NC(=O)c2ccnc(Cl)c2[N+](=O)[O-])cc1F. The molecule has 21 heavy (non-hydrogen) atoms. The second-order valence-corrected chi connectivity index (χ2v) is 4.53. The Morgan fingerprint density at radius 1 is 1.43 bits per heavy atom. The maximum Gasteiger partial charge on any atom is 0.319 e. The van der Waals surface area contributed by atoms with E-state index in [0.29, 0.717) is 5.56 Å². The van der Waals surface area contributed by atoms with E-state index in [1.807, 2.05) is 0 Å². The van der Waals surface area contributed by atoms with Gasteiger partial charge in [-0.3, -0.25) is 14.9 Å². The van der Waals surface area contributed by atoms with Crippen molar-refractivity contribution in [2.75, 3.05) is 5.32 Å². The van der Waals surface area contributed by atoms with Gasteiger partial charge in [-0.1, -0.05) is 17.7 Å². The Bertz CT molecular complexity index is 737. The number of carbonyl (C=O) groups excluding carboxylic acids is 1. The summed E-state index contributed by atoms with van der Waals surface area (Å²) in [6, 6.07) is 5.27. The summed E-state index contributed by atoms with van der Waals surface area (Å²) in [6.45, 7) is 1.58. The lowest BCUT2D eigenvalue weighted by Gasteiger charge is -2.07. The molecule has 1 amide bonds. The highest BCUT2D eigenvalue weighted by molar-refractivity contribution is 6.32. The molecule has 0 aliphatic heterocycles. The number of aromatic nitrogens is 1. The summed E-state index contributed by atoms with van der Waals surface area (Å²) in [5, 5.41) is 12.9. The van der Waals surface area contributed by atoms with Crippen LogP contribution in [-0.4, -0.2) is 15.8 Å². The third kappa shape index (κ3) is 3.14. The van der Waals surface area contributed by atoms with E-state index in [1.54, 1.807) is 6.92 Å². The van der Waals surface area contributed by atoms with Crippen LogP contribution in [0.4, 0.5) is 15.8 Å². The van der Waals surface area contributed by atoms with Gasteiger partial charge in [-0.2, -0.15) is 0 Å². The Balaban J connectivity index is 2.35. The molecule has 0 atom stereocenters. The normalized spacial score (nSPS) is 10.2. The Hall–Kier alpha value is -2.54. The number of nitrogens with zero attached hydrogens (tertiary/aromatic N) is 2. The van der Waals surface area contributed by atoms with Crippen molar-refractivity contribution in [2.45, 2.75) is 6.92 Å². The molecule has 8 heteroatoms. The number of pyridine rings is 1. The number of benzene rings is 1. The molecule has 2 aromatic rings. The van der Waals surface area contributed by atoms with Crippen LogP contribution in [0.25, 0.3) is 0 Å². The second-order valence-electron chi connectivity index (χ2n) is 4.17. The zero-order valence-electron chi connectivity index (χ0n) is 10.8. The van der Waals surface area contributed by atoms with Crippen molar-refractivity contribution in [3.63, 3.8) is 0 Å². The number of amides is 1. The molecule has 1 heterocycles. The molecule has 0 radical (unpaired) electrons. The fourth-order valence-electron chi connectivity index (χ4n) is 1.65. The molecule has 0 spiro atoms. The molecule has 0 unspecified atom stereocenters. The van der Waals surface area contributed by atoms with E-state index >= 15 is 0 Å². The van der Waals surface area contributed by atoms with Gasteiger partial charge in [0.15, 0.2) is 0 Å². The van der Waals surface area contributed by atoms with Crippen LogP contribution in [0.1, 0.15) is 15.9 Å². The van der Waals surface area contributed by atoms with Gasteiger partial charge in [0, 0.05) is 11.9 Å². The molecule has 0 saturated heterocycles. The van der Waals surface area contributed by atoms with E-state index < -0.39 is 22.3 Å². The van der Waals surface area contributed by atoms with Gasteiger partial charge in [-0.05, 0) is 30.7 Å². The van der Waals surface area contributed by atoms with Crippen molar-refractivity contribution in [3.8, 4) is 0 Å². The minimum atomic E-state index is -0.792. The first-order chi connectivity index (χ1) is 9.90. The minimum Gasteiger partial charge on any atom is -0.322 e.